The predicted molar refractivity (Wildman–Crippen MR) is 141 cm³/mol. The Morgan fingerprint density at radius 3 is 1.68 bits per heavy atom. The molecule has 1 aromatic heterocycles. The fourth-order valence-electron chi connectivity index (χ4n) is 4.16. The van der Waals surface area contributed by atoms with Crippen LogP contribution in [0.5, 0.6) is 0 Å². The van der Waals surface area contributed by atoms with Crippen LogP contribution < -0.4 is 5.19 Å². The van der Waals surface area contributed by atoms with E-state index in [1.54, 1.807) is 0 Å². The Bertz CT molecular complexity index is 1340. The second-order valence-corrected chi connectivity index (χ2v) is 15.1. The number of hydrogen-bond donors (Lipinski definition) is 0. The summed E-state index contributed by atoms with van der Waals surface area (Å²) in [5.41, 5.74) is 5.24. The lowest BCUT2D eigenvalue weighted by Crippen LogP contribution is -2.37. The SMILES string of the molecule is C[Si](C)(C)c1ccc(-c2ccccc2)c(-c2sc(-c3ccccc3)c3ccccc23)c1. The normalized spacial score (nSPS) is 11.7. The van der Waals surface area contributed by atoms with E-state index in [9.17, 15) is 0 Å². The van der Waals surface area contributed by atoms with Gasteiger partial charge < -0.3 is 0 Å². The highest BCUT2D eigenvalue weighted by Gasteiger charge is 2.21. The molecule has 152 valence electrons. The fraction of sp³-hybridized carbons (Fsp3) is 0.103. The van der Waals surface area contributed by atoms with Crippen molar-refractivity contribution in [3.8, 4) is 32.0 Å². The molecule has 5 rings (SSSR count). The summed E-state index contributed by atoms with van der Waals surface area (Å²) in [4.78, 5) is 2.72. The number of thiophene rings is 1. The Morgan fingerprint density at radius 1 is 0.516 bits per heavy atom. The number of fused-ring (bicyclic) bond motifs is 1. The van der Waals surface area contributed by atoms with Crippen molar-refractivity contribution < 1.29 is 0 Å². The van der Waals surface area contributed by atoms with Crippen LogP contribution in [0.4, 0.5) is 0 Å². The van der Waals surface area contributed by atoms with E-state index in [4.69, 9.17) is 0 Å². The van der Waals surface area contributed by atoms with Gasteiger partial charge in [0, 0.05) is 26.1 Å². The van der Waals surface area contributed by atoms with E-state index in [0.29, 0.717) is 0 Å². The molecule has 0 fully saturated rings. The number of benzene rings is 4. The zero-order chi connectivity index (χ0) is 21.4. The van der Waals surface area contributed by atoms with Gasteiger partial charge in [0.2, 0.25) is 0 Å². The highest BCUT2D eigenvalue weighted by molar-refractivity contribution is 7.21. The van der Waals surface area contributed by atoms with Crippen LogP contribution in [0.3, 0.4) is 0 Å². The van der Waals surface area contributed by atoms with Gasteiger partial charge >= 0.3 is 0 Å². The van der Waals surface area contributed by atoms with Crippen molar-refractivity contribution in [3.05, 3.63) is 103 Å². The molecule has 0 aliphatic carbocycles. The van der Waals surface area contributed by atoms with Crippen LogP contribution in [0.1, 0.15) is 0 Å². The quantitative estimate of drug-likeness (QED) is 0.249. The van der Waals surface area contributed by atoms with E-state index in [1.807, 2.05) is 11.3 Å². The van der Waals surface area contributed by atoms with E-state index >= 15 is 0 Å². The lowest BCUT2D eigenvalue weighted by Gasteiger charge is -2.20. The minimum Gasteiger partial charge on any atom is -0.134 e. The molecule has 0 unspecified atom stereocenters. The van der Waals surface area contributed by atoms with Crippen LogP contribution in [-0.2, 0) is 0 Å². The van der Waals surface area contributed by atoms with Gasteiger partial charge in [-0.2, -0.15) is 0 Å². The molecule has 0 radical (unpaired) electrons. The zero-order valence-electron chi connectivity index (χ0n) is 18.2. The molecule has 0 saturated heterocycles. The molecule has 0 atom stereocenters. The Labute approximate surface area is 189 Å². The van der Waals surface area contributed by atoms with Crippen LogP contribution in [0.15, 0.2) is 103 Å². The molecule has 5 aromatic rings. The van der Waals surface area contributed by atoms with Gasteiger partial charge in [0.15, 0.2) is 0 Å². The summed E-state index contributed by atoms with van der Waals surface area (Å²) in [6, 6.07) is 37.6. The monoisotopic (exact) mass is 434 g/mol. The first-order valence-corrected chi connectivity index (χ1v) is 15.1. The van der Waals surface area contributed by atoms with E-state index < -0.39 is 8.07 Å². The highest BCUT2D eigenvalue weighted by atomic mass is 32.1. The van der Waals surface area contributed by atoms with E-state index in [0.717, 1.165) is 0 Å². The van der Waals surface area contributed by atoms with Crippen molar-refractivity contribution in [2.24, 2.45) is 0 Å². The Morgan fingerprint density at radius 2 is 1.06 bits per heavy atom. The molecule has 0 nitrogen and oxygen atoms in total. The van der Waals surface area contributed by atoms with Crippen molar-refractivity contribution in [1.29, 1.82) is 0 Å². The first kappa shape index (κ1) is 20.0. The summed E-state index contributed by atoms with van der Waals surface area (Å²) >= 11 is 1.92. The van der Waals surface area contributed by atoms with Crippen LogP contribution in [-0.4, -0.2) is 8.07 Å². The van der Waals surface area contributed by atoms with Crippen LogP contribution in [0.25, 0.3) is 42.8 Å². The van der Waals surface area contributed by atoms with Gasteiger partial charge in [-0.05, 0) is 16.7 Å². The smallest absolute Gasteiger partial charge is 0.0776 e. The molecule has 4 aromatic carbocycles. The molecule has 2 heteroatoms. The van der Waals surface area contributed by atoms with Gasteiger partial charge in [-0.25, -0.2) is 0 Å². The molecule has 0 amide bonds. The maximum Gasteiger partial charge on any atom is 0.0776 e. The van der Waals surface area contributed by atoms with Crippen molar-refractivity contribution in [2.45, 2.75) is 19.6 Å². The topological polar surface area (TPSA) is 0 Å². The van der Waals surface area contributed by atoms with Crippen molar-refractivity contribution >= 4 is 35.4 Å². The molecule has 31 heavy (non-hydrogen) atoms. The first-order valence-electron chi connectivity index (χ1n) is 10.8. The van der Waals surface area contributed by atoms with Gasteiger partial charge in [-0.1, -0.05) is 128 Å². The molecule has 0 aliphatic rings. The van der Waals surface area contributed by atoms with Crippen molar-refractivity contribution in [3.63, 3.8) is 0 Å². The fourth-order valence-corrected chi connectivity index (χ4v) is 6.64. The minimum absolute atomic E-state index is 1.28. The summed E-state index contributed by atoms with van der Waals surface area (Å²) in [5.74, 6) is 0. The Kier molecular flexibility index (Phi) is 5.13. The third kappa shape index (κ3) is 3.78. The Balaban J connectivity index is 1.82. The van der Waals surface area contributed by atoms with Crippen LogP contribution >= 0.6 is 11.3 Å². The second kappa shape index (κ2) is 7.95. The molecular formula is C29H26SSi. The summed E-state index contributed by atoms with van der Waals surface area (Å²) in [6.45, 7) is 7.28. The van der Waals surface area contributed by atoms with Gasteiger partial charge in [-0.15, -0.1) is 11.3 Å². The number of rotatable bonds is 4. The lowest BCUT2D eigenvalue weighted by atomic mass is 9.96. The standard InChI is InChI=1S/C29H26SSi/c1-31(2,3)23-18-19-24(21-12-6-4-7-13-21)27(20-23)29-26-17-11-10-16-25(26)28(30-29)22-14-8-5-9-15-22/h4-20H,1-3H3. The van der Waals surface area contributed by atoms with Crippen LogP contribution in [0.2, 0.25) is 19.6 Å². The highest BCUT2D eigenvalue weighted by Crippen LogP contribution is 2.46. The van der Waals surface area contributed by atoms with Gasteiger partial charge in [-0.3, -0.25) is 0 Å². The summed E-state index contributed by atoms with van der Waals surface area (Å²) in [7, 11) is -1.44. The molecule has 0 bridgehead atoms. The third-order valence-corrected chi connectivity index (χ3v) is 9.22. The Hall–Kier alpha value is -2.94. The second-order valence-electron chi connectivity index (χ2n) is 9.05. The summed E-state index contributed by atoms with van der Waals surface area (Å²) in [5, 5.41) is 4.18. The predicted octanol–water partition coefficient (Wildman–Crippen LogP) is 8.45. The summed E-state index contributed by atoms with van der Waals surface area (Å²) in [6.07, 6.45) is 0. The van der Waals surface area contributed by atoms with E-state index in [-0.39, 0.29) is 0 Å². The zero-order valence-corrected chi connectivity index (χ0v) is 20.0. The average Bonchev–Trinajstić information content (AvgIpc) is 3.19. The first-order chi connectivity index (χ1) is 15.0. The largest absolute Gasteiger partial charge is 0.134 e. The molecular weight excluding hydrogens is 408 g/mol. The number of hydrogen-bond acceptors (Lipinski definition) is 1. The molecule has 1 heterocycles. The third-order valence-electron chi connectivity index (χ3n) is 5.87. The molecule has 0 saturated carbocycles. The van der Waals surface area contributed by atoms with Gasteiger partial charge in [0.05, 0.1) is 8.07 Å². The molecule has 0 aliphatic heterocycles. The van der Waals surface area contributed by atoms with E-state index in [2.05, 4.69) is 123 Å². The van der Waals surface area contributed by atoms with E-state index in [1.165, 1.54) is 48.0 Å². The molecule has 0 N–H and O–H groups in total. The maximum atomic E-state index is 2.47. The van der Waals surface area contributed by atoms with Crippen molar-refractivity contribution in [2.75, 3.05) is 0 Å². The summed E-state index contributed by atoms with van der Waals surface area (Å²) < 4.78 is 0. The molecule has 0 spiro atoms. The average molecular weight is 435 g/mol. The van der Waals surface area contributed by atoms with Crippen LogP contribution in [0, 0.1) is 0 Å². The maximum absolute atomic E-state index is 2.47. The lowest BCUT2D eigenvalue weighted by molar-refractivity contribution is 1.62. The van der Waals surface area contributed by atoms with Crippen molar-refractivity contribution in [1.82, 2.24) is 0 Å². The van der Waals surface area contributed by atoms with Gasteiger partial charge in [0.25, 0.3) is 0 Å². The minimum atomic E-state index is -1.44. The van der Waals surface area contributed by atoms with Gasteiger partial charge in [0.1, 0.15) is 0 Å².